The van der Waals surface area contributed by atoms with Crippen molar-refractivity contribution in [3.63, 3.8) is 0 Å². The number of anilines is 1. The minimum atomic E-state index is 0.393. The molecular weight excluding hydrogens is 252 g/mol. The second-order valence-corrected chi connectivity index (χ2v) is 6.04. The molecule has 2 nitrogen and oxygen atoms in total. The van der Waals surface area contributed by atoms with E-state index in [-0.39, 0.29) is 0 Å². The van der Waals surface area contributed by atoms with Crippen molar-refractivity contribution in [3.8, 4) is 6.07 Å². The SMILES string of the molecule is CCSc1cccc(NC(C)C(CC)CC)c1C#N. The Bertz CT molecular complexity index is 433. The monoisotopic (exact) mass is 276 g/mol. The number of nitrogens with zero attached hydrogens (tertiary/aromatic N) is 1. The number of benzene rings is 1. The molecule has 1 aromatic carbocycles. The minimum absolute atomic E-state index is 0.393. The lowest BCUT2D eigenvalue weighted by Crippen LogP contribution is -2.25. The van der Waals surface area contributed by atoms with Crippen LogP contribution in [0.1, 0.15) is 46.1 Å². The summed E-state index contributed by atoms with van der Waals surface area (Å²) in [4.78, 5) is 1.08. The van der Waals surface area contributed by atoms with Crippen LogP contribution in [-0.2, 0) is 0 Å². The topological polar surface area (TPSA) is 35.8 Å². The number of hydrogen-bond donors (Lipinski definition) is 1. The van der Waals surface area contributed by atoms with Gasteiger partial charge in [0.05, 0.1) is 11.3 Å². The van der Waals surface area contributed by atoms with E-state index in [1.807, 2.05) is 18.2 Å². The molecule has 1 aromatic rings. The molecule has 0 aliphatic carbocycles. The summed E-state index contributed by atoms with van der Waals surface area (Å²) >= 11 is 1.73. The molecule has 0 saturated heterocycles. The van der Waals surface area contributed by atoms with E-state index in [2.05, 4.69) is 39.1 Å². The molecule has 1 N–H and O–H groups in total. The number of thioether (sulfide) groups is 1. The van der Waals surface area contributed by atoms with E-state index >= 15 is 0 Å². The third-order valence-corrected chi connectivity index (χ3v) is 4.52. The highest BCUT2D eigenvalue weighted by Gasteiger charge is 2.15. The van der Waals surface area contributed by atoms with Crippen LogP contribution in [0.15, 0.2) is 23.1 Å². The summed E-state index contributed by atoms with van der Waals surface area (Å²) in [6.45, 7) is 8.76. The molecule has 0 aromatic heterocycles. The van der Waals surface area contributed by atoms with Crippen molar-refractivity contribution in [1.29, 1.82) is 5.26 Å². The quantitative estimate of drug-likeness (QED) is 0.719. The maximum absolute atomic E-state index is 9.39. The van der Waals surface area contributed by atoms with Gasteiger partial charge in [0.15, 0.2) is 0 Å². The Morgan fingerprint density at radius 1 is 1.26 bits per heavy atom. The Morgan fingerprint density at radius 2 is 1.95 bits per heavy atom. The zero-order chi connectivity index (χ0) is 14.3. The van der Waals surface area contributed by atoms with Gasteiger partial charge in [0, 0.05) is 10.9 Å². The van der Waals surface area contributed by atoms with Crippen molar-refractivity contribution in [1.82, 2.24) is 0 Å². The van der Waals surface area contributed by atoms with E-state index < -0.39 is 0 Å². The summed E-state index contributed by atoms with van der Waals surface area (Å²) in [6.07, 6.45) is 2.33. The van der Waals surface area contributed by atoms with Gasteiger partial charge in [-0.05, 0) is 30.7 Å². The Balaban J connectivity index is 2.95. The Hall–Kier alpha value is -1.14. The molecule has 0 aliphatic rings. The third kappa shape index (κ3) is 4.18. The van der Waals surface area contributed by atoms with Crippen LogP contribution < -0.4 is 5.32 Å². The van der Waals surface area contributed by atoms with E-state index in [1.165, 1.54) is 0 Å². The van der Waals surface area contributed by atoms with Crippen molar-refractivity contribution in [2.75, 3.05) is 11.1 Å². The molecule has 0 radical (unpaired) electrons. The van der Waals surface area contributed by atoms with Crippen LogP contribution in [0, 0.1) is 17.2 Å². The standard InChI is InChI=1S/C16H24N2S/c1-5-13(6-2)12(4)18-15-9-8-10-16(19-7-3)14(15)11-17/h8-10,12-13,18H,5-7H2,1-4H3. The Labute approximate surface area is 121 Å². The molecule has 0 fully saturated rings. The van der Waals surface area contributed by atoms with Crippen LogP contribution in [0.25, 0.3) is 0 Å². The van der Waals surface area contributed by atoms with Gasteiger partial charge in [-0.15, -0.1) is 11.8 Å². The van der Waals surface area contributed by atoms with E-state index in [1.54, 1.807) is 11.8 Å². The Kier molecular flexibility index (Phi) is 6.80. The van der Waals surface area contributed by atoms with E-state index in [0.29, 0.717) is 12.0 Å². The molecule has 1 atom stereocenters. The lowest BCUT2D eigenvalue weighted by atomic mass is 9.95. The fraction of sp³-hybridized carbons (Fsp3) is 0.562. The van der Waals surface area contributed by atoms with Crippen molar-refractivity contribution < 1.29 is 0 Å². The summed E-state index contributed by atoms with van der Waals surface area (Å²) < 4.78 is 0. The van der Waals surface area contributed by atoms with Crippen LogP contribution in [0.4, 0.5) is 5.69 Å². The number of nitrogens with one attached hydrogen (secondary N) is 1. The maximum atomic E-state index is 9.39. The van der Waals surface area contributed by atoms with Gasteiger partial charge in [0.25, 0.3) is 0 Å². The number of nitriles is 1. The smallest absolute Gasteiger partial charge is 0.102 e. The summed E-state index contributed by atoms with van der Waals surface area (Å²) in [5.41, 5.74) is 1.76. The highest BCUT2D eigenvalue weighted by molar-refractivity contribution is 7.99. The van der Waals surface area contributed by atoms with Crippen molar-refractivity contribution in [2.45, 2.75) is 51.5 Å². The van der Waals surface area contributed by atoms with Crippen molar-refractivity contribution in [3.05, 3.63) is 23.8 Å². The molecule has 0 spiro atoms. The van der Waals surface area contributed by atoms with Gasteiger partial charge in [0.2, 0.25) is 0 Å². The first-order valence-corrected chi connectivity index (χ1v) is 8.08. The lowest BCUT2D eigenvalue weighted by molar-refractivity contribution is 0.438. The average Bonchev–Trinajstić information content (AvgIpc) is 2.41. The predicted molar refractivity (Wildman–Crippen MR) is 84.7 cm³/mol. The van der Waals surface area contributed by atoms with Gasteiger partial charge in [0.1, 0.15) is 6.07 Å². The third-order valence-electron chi connectivity index (χ3n) is 3.58. The molecule has 3 heteroatoms. The normalized spacial score (nSPS) is 12.2. The molecule has 0 aliphatic heterocycles. The molecule has 0 saturated carbocycles. The summed E-state index contributed by atoms with van der Waals surface area (Å²) in [7, 11) is 0. The molecule has 0 heterocycles. The largest absolute Gasteiger partial charge is 0.381 e. The number of hydrogen-bond acceptors (Lipinski definition) is 3. The molecule has 0 amide bonds. The zero-order valence-electron chi connectivity index (χ0n) is 12.4. The van der Waals surface area contributed by atoms with Gasteiger partial charge in [-0.3, -0.25) is 0 Å². The second-order valence-electron chi connectivity index (χ2n) is 4.73. The predicted octanol–water partition coefficient (Wildman–Crippen LogP) is 4.91. The van der Waals surface area contributed by atoms with Crippen molar-refractivity contribution in [2.24, 2.45) is 5.92 Å². The maximum Gasteiger partial charge on any atom is 0.102 e. The van der Waals surface area contributed by atoms with Gasteiger partial charge in [-0.2, -0.15) is 5.26 Å². The van der Waals surface area contributed by atoms with Gasteiger partial charge >= 0.3 is 0 Å². The summed E-state index contributed by atoms with van der Waals surface area (Å²) in [5, 5.41) is 12.9. The van der Waals surface area contributed by atoms with Gasteiger partial charge in [-0.25, -0.2) is 0 Å². The molecule has 0 bridgehead atoms. The van der Waals surface area contributed by atoms with E-state index in [0.717, 1.165) is 34.7 Å². The summed E-state index contributed by atoms with van der Waals surface area (Å²) in [6, 6.07) is 8.81. The fourth-order valence-corrected chi connectivity index (χ4v) is 3.19. The van der Waals surface area contributed by atoms with Gasteiger partial charge in [-0.1, -0.05) is 39.7 Å². The van der Waals surface area contributed by atoms with Crippen LogP contribution in [0.2, 0.25) is 0 Å². The van der Waals surface area contributed by atoms with Crippen LogP contribution in [0.3, 0.4) is 0 Å². The van der Waals surface area contributed by atoms with Crippen LogP contribution in [0.5, 0.6) is 0 Å². The first-order valence-electron chi connectivity index (χ1n) is 7.10. The highest BCUT2D eigenvalue weighted by Crippen LogP contribution is 2.29. The average molecular weight is 276 g/mol. The van der Waals surface area contributed by atoms with E-state index in [9.17, 15) is 5.26 Å². The molecular formula is C16H24N2S. The second kappa shape index (κ2) is 8.12. The van der Waals surface area contributed by atoms with Crippen LogP contribution >= 0.6 is 11.8 Å². The highest BCUT2D eigenvalue weighted by atomic mass is 32.2. The molecule has 104 valence electrons. The van der Waals surface area contributed by atoms with Crippen molar-refractivity contribution >= 4 is 17.4 Å². The lowest BCUT2D eigenvalue weighted by Gasteiger charge is -2.24. The number of rotatable bonds is 7. The van der Waals surface area contributed by atoms with Gasteiger partial charge < -0.3 is 5.32 Å². The van der Waals surface area contributed by atoms with Crippen LogP contribution in [-0.4, -0.2) is 11.8 Å². The first kappa shape index (κ1) is 15.9. The van der Waals surface area contributed by atoms with E-state index in [4.69, 9.17) is 0 Å². The summed E-state index contributed by atoms with van der Waals surface area (Å²) in [5.74, 6) is 1.63. The molecule has 1 rings (SSSR count). The zero-order valence-corrected chi connectivity index (χ0v) is 13.2. The Morgan fingerprint density at radius 3 is 2.47 bits per heavy atom. The molecule has 19 heavy (non-hydrogen) atoms. The molecule has 1 unspecified atom stereocenters. The minimum Gasteiger partial charge on any atom is -0.381 e. The fourth-order valence-electron chi connectivity index (χ4n) is 2.40. The first-order chi connectivity index (χ1) is 9.17.